The lowest BCUT2D eigenvalue weighted by molar-refractivity contribution is 0.0168. The third-order valence-corrected chi connectivity index (χ3v) is 3.93. The SMILES string of the molecule is CN=C(NCCCOCC1CCCO1)NCc1ccc(OC)cc1.I. The largest absolute Gasteiger partial charge is 0.497 e. The summed E-state index contributed by atoms with van der Waals surface area (Å²) in [6.07, 6.45) is 3.53. The number of rotatable bonds is 9. The van der Waals surface area contributed by atoms with Gasteiger partial charge in [-0.15, -0.1) is 24.0 Å². The molecule has 1 unspecified atom stereocenters. The van der Waals surface area contributed by atoms with E-state index in [4.69, 9.17) is 14.2 Å². The van der Waals surface area contributed by atoms with Gasteiger partial charge in [0.05, 0.1) is 19.8 Å². The Bertz CT molecular complexity index is 491. The van der Waals surface area contributed by atoms with E-state index >= 15 is 0 Å². The van der Waals surface area contributed by atoms with Crippen LogP contribution in [-0.2, 0) is 16.0 Å². The van der Waals surface area contributed by atoms with Crippen molar-refractivity contribution in [2.24, 2.45) is 4.99 Å². The van der Waals surface area contributed by atoms with Crippen molar-refractivity contribution in [3.05, 3.63) is 29.8 Å². The number of ether oxygens (including phenoxy) is 3. The molecule has 0 aliphatic carbocycles. The van der Waals surface area contributed by atoms with Crippen molar-refractivity contribution in [3.63, 3.8) is 0 Å². The lowest BCUT2D eigenvalue weighted by Gasteiger charge is -2.13. The van der Waals surface area contributed by atoms with Crippen molar-refractivity contribution >= 4 is 29.9 Å². The molecule has 1 fully saturated rings. The Labute approximate surface area is 167 Å². The highest BCUT2D eigenvalue weighted by Crippen LogP contribution is 2.12. The predicted molar refractivity (Wildman–Crippen MR) is 111 cm³/mol. The number of halogens is 1. The van der Waals surface area contributed by atoms with Crippen LogP contribution < -0.4 is 15.4 Å². The van der Waals surface area contributed by atoms with E-state index in [1.807, 2.05) is 24.3 Å². The van der Waals surface area contributed by atoms with Gasteiger partial charge in [-0.1, -0.05) is 12.1 Å². The topological polar surface area (TPSA) is 64.1 Å². The number of nitrogens with one attached hydrogen (secondary N) is 2. The molecular weight excluding hydrogens is 433 g/mol. The van der Waals surface area contributed by atoms with Gasteiger partial charge in [0.15, 0.2) is 5.96 Å². The summed E-state index contributed by atoms with van der Waals surface area (Å²) >= 11 is 0. The van der Waals surface area contributed by atoms with Crippen molar-refractivity contribution in [1.82, 2.24) is 10.6 Å². The number of hydrogen-bond donors (Lipinski definition) is 2. The van der Waals surface area contributed by atoms with Crippen molar-refractivity contribution in [2.75, 3.05) is 40.5 Å². The molecule has 142 valence electrons. The Morgan fingerprint density at radius 3 is 2.72 bits per heavy atom. The van der Waals surface area contributed by atoms with Crippen LogP contribution in [0.3, 0.4) is 0 Å². The molecule has 0 aromatic heterocycles. The highest BCUT2D eigenvalue weighted by atomic mass is 127. The van der Waals surface area contributed by atoms with Crippen LogP contribution >= 0.6 is 24.0 Å². The summed E-state index contributed by atoms with van der Waals surface area (Å²) in [6.45, 7) is 3.88. The van der Waals surface area contributed by atoms with Gasteiger partial charge in [0.1, 0.15) is 5.75 Å². The molecule has 1 atom stereocenters. The van der Waals surface area contributed by atoms with Crippen molar-refractivity contribution in [1.29, 1.82) is 0 Å². The van der Waals surface area contributed by atoms with E-state index in [0.29, 0.717) is 12.7 Å². The second-order valence-electron chi connectivity index (χ2n) is 5.76. The molecule has 1 aliphatic heterocycles. The second-order valence-corrected chi connectivity index (χ2v) is 5.76. The van der Waals surface area contributed by atoms with E-state index in [9.17, 15) is 0 Å². The molecule has 1 saturated heterocycles. The molecule has 1 heterocycles. The van der Waals surface area contributed by atoms with Gasteiger partial charge in [-0.25, -0.2) is 0 Å². The van der Waals surface area contributed by atoms with E-state index in [2.05, 4.69) is 15.6 Å². The van der Waals surface area contributed by atoms with Crippen LogP contribution in [0.5, 0.6) is 5.75 Å². The highest BCUT2D eigenvalue weighted by molar-refractivity contribution is 14.0. The van der Waals surface area contributed by atoms with Crippen LogP contribution in [0, 0.1) is 0 Å². The molecule has 2 rings (SSSR count). The fraction of sp³-hybridized carbons (Fsp3) is 0.611. The summed E-state index contributed by atoms with van der Waals surface area (Å²) in [7, 11) is 3.45. The third-order valence-electron chi connectivity index (χ3n) is 3.93. The van der Waals surface area contributed by atoms with E-state index in [1.165, 1.54) is 5.56 Å². The Morgan fingerprint density at radius 2 is 2.08 bits per heavy atom. The van der Waals surface area contributed by atoms with Gasteiger partial charge in [0.2, 0.25) is 0 Å². The molecule has 0 saturated carbocycles. The van der Waals surface area contributed by atoms with Crippen molar-refractivity contribution in [3.8, 4) is 5.75 Å². The van der Waals surface area contributed by atoms with Crippen molar-refractivity contribution < 1.29 is 14.2 Å². The van der Waals surface area contributed by atoms with Gasteiger partial charge in [-0.3, -0.25) is 4.99 Å². The molecule has 0 amide bonds. The molecule has 2 N–H and O–H groups in total. The van der Waals surface area contributed by atoms with Gasteiger partial charge in [0, 0.05) is 33.4 Å². The first kappa shape index (κ1) is 22.0. The van der Waals surface area contributed by atoms with Gasteiger partial charge in [0.25, 0.3) is 0 Å². The maximum atomic E-state index is 5.65. The average Bonchev–Trinajstić information content (AvgIpc) is 3.14. The predicted octanol–water partition coefficient (Wildman–Crippen LogP) is 2.56. The van der Waals surface area contributed by atoms with Crippen LogP contribution in [-0.4, -0.2) is 52.6 Å². The summed E-state index contributed by atoms with van der Waals surface area (Å²) in [4.78, 5) is 4.23. The van der Waals surface area contributed by atoms with Gasteiger partial charge >= 0.3 is 0 Å². The molecule has 0 spiro atoms. The summed E-state index contributed by atoms with van der Waals surface area (Å²) in [5, 5.41) is 6.59. The van der Waals surface area contributed by atoms with Crippen LogP contribution in [0.4, 0.5) is 0 Å². The molecule has 0 bridgehead atoms. The normalized spacial score (nSPS) is 17.0. The zero-order valence-corrected chi connectivity index (χ0v) is 17.5. The maximum absolute atomic E-state index is 5.65. The molecule has 1 aromatic carbocycles. The molecule has 1 aromatic rings. The lowest BCUT2D eigenvalue weighted by Crippen LogP contribution is -2.37. The first-order valence-corrected chi connectivity index (χ1v) is 8.58. The van der Waals surface area contributed by atoms with Gasteiger partial charge < -0.3 is 24.8 Å². The number of benzene rings is 1. The average molecular weight is 463 g/mol. The first-order chi connectivity index (χ1) is 11.8. The number of hydrogen-bond acceptors (Lipinski definition) is 4. The minimum absolute atomic E-state index is 0. The fourth-order valence-corrected chi connectivity index (χ4v) is 2.52. The van der Waals surface area contributed by atoms with E-state index < -0.39 is 0 Å². The minimum atomic E-state index is 0. The summed E-state index contributed by atoms with van der Waals surface area (Å²) in [5.41, 5.74) is 1.18. The van der Waals surface area contributed by atoms with Crippen LogP contribution in [0.2, 0.25) is 0 Å². The zero-order valence-electron chi connectivity index (χ0n) is 15.1. The molecule has 6 nitrogen and oxygen atoms in total. The summed E-state index contributed by atoms with van der Waals surface area (Å²) < 4.78 is 16.3. The van der Waals surface area contributed by atoms with Gasteiger partial charge in [-0.2, -0.15) is 0 Å². The lowest BCUT2D eigenvalue weighted by atomic mass is 10.2. The zero-order chi connectivity index (χ0) is 17.0. The van der Waals surface area contributed by atoms with E-state index in [0.717, 1.165) is 57.3 Å². The Balaban J connectivity index is 0.00000312. The van der Waals surface area contributed by atoms with Crippen LogP contribution in [0.25, 0.3) is 0 Å². The molecule has 7 heteroatoms. The van der Waals surface area contributed by atoms with E-state index in [-0.39, 0.29) is 24.0 Å². The first-order valence-electron chi connectivity index (χ1n) is 8.58. The smallest absolute Gasteiger partial charge is 0.191 e. The Kier molecular flexibility index (Phi) is 11.6. The number of nitrogens with zero attached hydrogens (tertiary/aromatic N) is 1. The van der Waals surface area contributed by atoms with Crippen LogP contribution in [0.1, 0.15) is 24.8 Å². The second kappa shape index (κ2) is 13.2. The number of aliphatic imine (C=N–C) groups is 1. The minimum Gasteiger partial charge on any atom is -0.497 e. The number of methoxy groups -OCH3 is 1. The summed E-state index contributed by atoms with van der Waals surface area (Å²) in [6, 6.07) is 7.99. The van der Waals surface area contributed by atoms with E-state index in [1.54, 1.807) is 14.2 Å². The third kappa shape index (κ3) is 8.73. The highest BCUT2D eigenvalue weighted by Gasteiger charge is 2.14. The standard InChI is InChI=1S/C18H29N3O3.HI/c1-19-18(21-13-15-6-8-16(22-2)9-7-15)20-10-4-11-23-14-17-5-3-12-24-17;/h6-9,17H,3-5,10-14H2,1-2H3,(H2,19,20,21);1H. The molecule has 25 heavy (non-hydrogen) atoms. The van der Waals surface area contributed by atoms with Gasteiger partial charge in [-0.05, 0) is 37.0 Å². The quantitative estimate of drug-likeness (QED) is 0.255. The monoisotopic (exact) mass is 463 g/mol. The van der Waals surface area contributed by atoms with Crippen LogP contribution in [0.15, 0.2) is 29.3 Å². The summed E-state index contributed by atoms with van der Waals surface area (Å²) in [5.74, 6) is 1.66. The number of guanidine groups is 1. The fourth-order valence-electron chi connectivity index (χ4n) is 2.52. The molecular formula is C18H30IN3O3. The molecule has 1 aliphatic rings. The van der Waals surface area contributed by atoms with Crippen molar-refractivity contribution in [2.45, 2.75) is 31.9 Å². The maximum Gasteiger partial charge on any atom is 0.191 e. The Hall–Kier alpha value is -1.06. The molecule has 0 radical (unpaired) electrons. The Morgan fingerprint density at radius 1 is 1.28 bits per heavy atom.